The van der Waals surface area contributed by atoms with E-state index < -0.39 is 32.9 Å². The van der Waals surface area contributed by atoms with Crippen LogP contribution >= 0.6 is 0 Å². The number of nitrogens with zero attached hydrogens (tertiary/aromatic N) is 2. The third-order valence-electron chi connectivity index (χ3n) is 5.11. The second-order valence-electron chi connectivity index (χ2n) is 7.94. The Morgan fingerprint density at radius 1 is 1.09 bits per heavy atom. The first-order valence-corrected chi connectivity index (χ1v) is 11.9. The number of ether oxygens (including phenoxy) is 2. The molecule has 1 fully saturated rings. The van der Waals surface area contributed by atoms with Crippen molar-refractivity contribution in [3.05, 3.63) is 64.2 Å². The molecular weight excluding hydrogens is 466 g/mol. The summed E-state index contributed by atoms with van der Waals surface area (Å²) in [6.45, 7) is 5.44. The largest absolute Gasteiger partial charge is 0.449 e. The van der Waals surface area contributed by atoms with Gasteiger partial charge in [0.2, 0.25) is 10.0 Å². The van der Waals surface area contributed by atoms with Gasteiger partial charge < -0.3 is 14.8 Å². The van der Waals surface area contributed by atoms with Gasteiger partial charge in [-0.25, -0.2) is 13.2 Å². The molecule has 0 spiro atoms. The van der Waals surface area contributed by atoms with Crippen LogP contribution in [0.3, 0.4) is 0 Å². The molecule has 2 aromatic carbocycles. The van der Waals surface area contributed by atoms with Crippen molar-refractivity contribution in [2.24, 2.45) is 0 Å². The van der Waals surface area contributed by atoms with Crippen molar-refractivity contribution in [1.29, 1.82) is 0 Å². The number of esters is 1. The molecule has 0 radical (unpaired) electrons. The maximum atomic E-state index is 12.9. The smallest absolute Gasteiger partial charge is 0.338 e. The number of nitro benzene ring substituents is 1. The highest BCUT2D eigenvalue weighted by molar-refractivity contribution is 7.89. The van der Waals surface area contributed by atoms with Gasteiger partial charge in [-0.05, 0) is 57.2 Å². The van der Waals surface area contributed by atoms with E-state index >= 15 is 0 Å². The van der Waals surface area contributed by atoms with Crippen LogP contribution in [0.5, 0.6) is 0 Å². The Morgan fingerprint density at radius 2 is 1.65 bits per heavy atom. The standard InChI is InChI=1S/C22H25N3O8S/c1-14-12-24(13-15(2)32-14)34(30,31)20-10-4-17(5-11-20)22(27)33-16(3)21(26)23-18-6-8-19(9-7-18)25(28)29/h4-11,14-16H,12-13H2,1-3H3,(H,23,26). The zero-order valence-electron chi connectivity index (χ0n) is 18.8. The van der Waals surface area contributed by atoms with Crippen molar-refractivity contribution in [1.82, 2.24) is 4.31 Å². The average molecular weight is 492 g/mol. The summed E-state index contributed by atoms with van der Waals surface area (Å²) in [6, 6.07) is 10.5. The summed E-state index contributed by atoms with van der Waals surface area (Å²) in [6.07, 6.45) is -1.62. The number of non-ortho nitro benzene ring substituents is 1. The number of nitro groups is 1. The van der Waals surface area contributed by atoms with Gasteiger partial charge in [0.05, 0.1) is 27.6 Å². The highest BCUT2D eigenvalue weighted by atomic mass is 32.2. The monoisotopic (exact) mass is 491 g/mol. The summed E-state index contributed by atoms with van der Waals surface area (Å²) in [7, 11) is -3.75. The number of hydrogen-bond acceptors (Lipinski definition) is 8. The van der Waals surface area contributed by atoms with E-state index in [1.807, 2.05) is 0 Å². The predicted molar refractivity (Wildman–Crippen MR) is 122 cm³/mol. The van der Waals surface area contributed by atoms with E-state index in [9.17, 15) is 28.1 Å². The molecule has 1 N–H and O–H groups in total. The number of morpholine rings is 1. The van der Waals surface area contributed by atoms with E-state index in [-0.39, 0.29) is 41.4 Å². The summed E-state index contributed by atoms with van der Waals surface area (Å²) in [5.74, 6) is -1.43. The molecule has 3 atom stereocenters. The van der Waals surface area contributed by atoms with Crippen molar-refractivity contribution in [3.8, 4) is 0 Å². The molecule has 3 rings (SSSR count). The molecule has 2 aromatic rings. The van der Waals surface area contributed by atoms with Gasteiger partial charge in [-0.2, -0.15) is 4.31 Å². The number of benzene rings is 2. The predicted octanol–water partition coefficient (Wildman–Crippen LogP) is 2.58. The van der Waals surface area contributed by atoms with Crippen LogP contribution in [0.15, 0.2) is 53.4 Å². The van der Waals surface area contributed by atoms with Crippen LogP contribution in [0.4, 0.5) is 11.4 Å². The van der Waals surface area contributed by atoms with Crippen molar-refractivity contribution in [2.45, 2.75) is 44.0 Å². The molecule has 1 amide bonds. The van der Waals surface area contributed by atoms with Crippen LogP contribution in [0.1, 0.15) is 31.1 Å². The van der Waals surface area contributed by atoms with Gasteiger partial charge in [-0.3, -0.25) is 14.9 Å². The van der Waals surface area contributed by atoms with Gasteiger partial charge in [0.15, 0.2) is 6.10 Å². The first-order chi connectivity index (χ1) is 16.0. The Balaban J connectivity index is 1.61. The van der Waals surface area contributed by atoms with Crippen LogP contribution in [0.25, 0.3) is 0 Å². The maximum Gasteiger partial charge on any atom is 0.338 e. The molecule has 11 nitrogen and oxygen atoms in total. The Morgan fingerprint density at radius 3 is 2.18 bits per heavy atom. The van der Waals surface area contributed by atoms with Crippen molar-refractivity contribution in [3.63, 3.8) is 0 Å². The van der Waals surface area contributed by atoms with Gasteiger partial charge >= 0.3 is 5.97 Å². The van der Waals surface area contributed by atoms with E-state index in [0.717, 1.165) is 0 Å². The zero-order chi connectivity index (χ0) is 25.0. The summed E-state index contributed by atoms with van der Waals surface area (Å²) in [4.78, 5) is 34.9. The Kier molecular flexibility index (Phi) is 7.64. The lowest BCUT2D eigenvalue weighted by Crippen LogP contribution is -2.48. The van der Waals surface area contributed by atoms with E-state index in [1.54, 1.807) is 13.8 Å². The molecule has 1 saturated heterocycles. The van der Waals surface area contributed by atoms with Gasteiger partial charge in [0.1, 0.15) is 0 Å². The molecule has 0 aromatic heterocycles. The maximum absolute atomic E-state index is 12.9. The number of rotatable bonds is 7. The minimum Gasteiger partial charge on any atom is -0.449 e. The fraction of sp³-hybridized carbons (Fsp3) is 0.364. The Hall–Kier alpha value is -3.35. The lowest BCUT2D eigenvalue weighted by atomic mass is 10.2. The first kappa shape index (κ1) is 25.3. The topological polar surface area (TPSA) is 145 Å². The molecule has 3 unspecified atom stereocenters. The van der Waals surface area contributed by atoms with Crippen LogP contribution in [0.2, 0.25) is 0 Å². The molecule has 182 valence electrons. The van der Waals surface area contributed by atoms with E-state index in [1.165, 1.54) is 59.8 Å². The van der Waals surface area contributed by atoms with Crippen LogP contribution < -0.4 is 5.32 Å². The van der Waals surface area contributed by atoms with Crippen LogP contribution in [0, 0.1) is 10.1 Å². The van der Waals surface area contributed by atoms with Crippen molar-refractivity contribution in [2.75, 3.05) is 18.4 Å². The molecule has 1 heterocycles. The molecule has 1 aliphatic heterocycles. The number of anilines is 1. The SMILES string of the molecule is CC1CN(S(=O)(=O)c2ccc(C(=O)OC(C)C(=O)Nc3ccc([N+](=O)[O-])cc3)cc2)CC(C)O1. The van der Waals surface area contributed by atoms with Crippen molar-refractivity contribution < 1.29 is 32.4 Å². The van der Waals surface area contributed by atoms with Gasteiger partial charge in [-0.15, -0.1) is 0 Å². The van der Waals surface area contributed by atoms with Gasteiger partial charge in [0, 0.05) is 30.9 Å². The van der Waals surface area contributed by atoms with Crippen LogP contribution in [-0.4, -0.2) is 60.9 Å². The zero-order valence-corrected chi connectivity index (χ0v) is 19.7. The number of hydrogen-bond donors (Lipinski definition) is 1. The molecule has 0 aliphatic carbocycles. The highest BCUT2D eigenvalue weighted by Gasteiger charge is 2.32. The average Bonchev–Trinajstić information content (AvgIpc) is 2.78. The number of carbonyl (C=O) groups is 2. The summed E-state index contributed by atoms with van der Waals surface area (Å²) < 4.78 is 37.9. The number of sulfonamides is 1. The fourth-order valence-corrected chi connectivity index (χ4v) is 5.02. The Labute approximate surface area is 196 Å². The number of nitrogens with one attached hydrogen (secondary N) is 1. The normalized spacial score (nSPS) is 19.7. The lowest BCUT2D eigenvalue weighted by Gasteiger charge is -2.34. The summed E-state index contributed by atoms with van der Waals surface area (Å²) in [5.41, 5.74) is 0.262. The summed E-state index contributed by atoms with van der Waals surface area (Å²) >= 11 is 0. The minimum absolute atomic E-state index is 0.0364. The van der Waals surface area contributed by atoms with E-state index in [4.69, 9.17) is 9.47 Å². The third kappa shape index (κ3) is 5.95. The molecular formula is C22H25N3O8S. The Bertz CT molecular complexity index is 1160. The fourth-order valence-electron chi connectivity index (χ4n) is 3.43. The van der Waals surface area contributed by atoms with E-state index in [2.05, 4.69) is 5.32 Å². The van der Waals surface area contributed by atoms with Gasteiger partial charge in [0.25, 0.3) is 11.6 Å². The summed E-state index contributed by atoms with van der Waals surface area (Å²) in [5, 5.41) is 13.2. The molecule has 12 heteroatoms. The highest BCUT2D eigenvalue weighted by Crippen LogP contribution is 2.22. The third-order valence-corrected chi connectivity index (χ3v) is 6.96. The van der Waals surface area contributed by atoms with Gasteiger partial charge in [-0.1, -0.05) is 0 Å². The lowest BCUT2D eigenvalue weighted by molar-refractivity contribution is -0.384. The second-order valence-corrected chi connectivity index (χ2v) is 9.88. The van der Waals surface area contributed by atoms with Crippen molar-refractivity contribution >= 4 is 33.3 Å². The quantitative estimate of drug-likeness (QED) is 0.353. The van der Waals surface area contributed by atoms with Crippen LogP contribution in [-0.2, 0) is 24.3 Å². The minimum atomic E-state index is -3.75. The second kappa shape index (κ2) is 10.3. The number of amides is 1. The molecule has 0 bridgehead atoms. The molecule has 0 saturated carbocycles. The first-order valence-electron chi connectivity index (χ1n) is 10.5. The molecule has 1 aliphatic rings. The molecule has 34 heavy (non-hydrogen) atoms. The van der Waals surface area contributed by atoms with E-state index in [0.29, 0.717) is 5.69 Å². The number of carbonyl (C=O) groups excluding carboxylic acids is 2.